The van der Waals surface area contributed by atoms with Gasteiger partial charge in [0.1, 0.15) is 11.3 Å². The van der Waals surface area contributed by atoms with Crippen molar-refractivity contribution in [1.82, 2.24) is 4.90 Å². The molecular formula is C27H19BrClNO5. The highest BCUT2D eigenvalue weighted by Crippen LogP contribution is 2.40. The van der Waals surface area contributed by atoms with E-state index in [1.165, 1.54) is 17.0 Å². The molecule has 0 fully saturated rings. The average Bonchev–Trinajstić information content (AvgIpc) is 3.37. The van der Waals surface area contributed by atoms with E-state index in [-0.39, 0.29) is 23.6 Å². The van der Waals surface area contributed by atoms with Gasteiger partial charge in [0.2, 0.25) is 5.78 Å². The Hall–Kier alpha value is -3.55. The van der Waals surface area contributed by atoms with Gasteiger partial charge in [-0.3, -0.25) is 9.59 Å². The molecule has 1 amide bonds. The van der Waals surface area contributed by atoms with Crippen molar-refractivity contribution >= 4 is 50.2 Å². The summed E-state index contributed by atoms with van der Waals surface area (Å²) in [5, 5.41) is 21.9. The Bertz CT molecular complexity index is 1470. The highest BCUT2D eigenvalue weighted by Gasteiger charge is 2.44. The van der Waals surface area contributed by atoms with Crippen LogP contribution in [-0.4, -0.2) is 33.3 Å². The van der Waals surface area contributed by atoms with Gasteiger partial charge in [-0.1, -0.05) is 51.8 Å². The first-order valence-corrected chi connectivity index (χ1v) is 12.0. The van der Waals surface area contributed by atoms with Crippen LogP contribution in [0.25, 0.3) is 11.0 Å². The first kappa shape index (κ1) is 23.2. The van der Waals surface area contributed by atoms with Crippen molar-refractivity contribution in [3.63, 3.8) is 0 Å². The molecule has 6 nitrogen and oxygen atoms in total. The molecule has 1 aromatic heterocycles. The first-order valence-electron chi connectivity index (χ1n) is 10.8. The largest absolute Gasteiger partial charge is 0.508 e. The number of furan rings is 1. The number of hydrogen-bond acceptors (Lipinski definition) is 5. The summed E-state index contributed by atoms with van der Waals surface area (Å²) in [6.07, 6.45) is 0.491. The van der Waals surface area contributed by atoms with Crippen molar-refractivity contribution in [2.75, 3.05) is 6.54 Å². The standard InChI is InChI=1S/C27H19BrClNO5/c28-18-5-10-21-17(13-18)14-22(35-21)25(32)23-24(16-3-8-20(31)9-4-16)30(27(34)26(23)33)12-11-15-1-6-19(29)7-2-15/h1-10,13-14,24,31,33H,11-12H2. The number of amides is 1. The predicted molar refractivity (Wildman–Crippen MR) is 136 cm³/mol. The van der Waals surface area contributed by atoms with Gasteiger partial charge in [0, 0.05) is 21.4 Å². The number of ketones is 1. The number of carbonyl (C=O) groups is 2. The molecule has 2 heterocycles. The van der Waals surface area contributed by atoms with Crippen LogP contribution < -0.4 is 0 Å². The number of benzene rings is 3. The number of aliphatic hydroxyl groups excluding tert-OH is 1. The summed E-state index contributed by atoms with van der Waals surface area (Å²) in [5.41, 5.74) is 1.99. The molecule has 1 atom stereocenters. The van der Waals surface area contributed by atoms with Gasteiger partial charge in [-0.2, -0.15) is 0 Å². The van der Waals surface area contributed by atoms with Gasteiger partial charge >= 0.3 is 0 Å². The Morgan fingerprint density at radius 1 is 1.00 bits per heavy atom. The number of Topliss-reactive ketones (excluding diaryl/α,β-unsaturated/α-hetero) is 1. The summed E-state index contributed by atoms with van der Waals surface area (Å²) >= 11 is 9.38. The molecule has 2 N–H and O–H groups in total. The zero-order chi connectivity index (χ0) is 24.7. The highest BCUT2D eigenvalue weighted by atomic mass is 79.9. The maximum Gasteiger partial charge on any atom is 0.290 e. The third kappa shape index (κ3) is 4.45. The maximum atomic E-state index is 13.6. The van der Waals surface area contributed by atoms with Crippen molar-refractivity contribution < 1.29 is 24.2 Å². The quantitative estimate of drug-likeness (QED) is 0.271. The van der Waals surface area contributed by atoms with Gasteiger partial charge in [-0.05, 0) is 66.1 Å². The molecule has 176 valence electrons. The second-order valence-corrected chi connectivity index (χ2v) is 9.61. The van der Waals surface area contributed by atoms with Crippen molar-refractivity contribution in [2.24, 2.45) is 0 Å². The molecular weight excluding hydrogens is 534 g/mol. The lowest BCUT2D eigenvalue weighted by molar-refractivity contribution is -0.129. The number of nitrogens with zero attached hydrogens (tertiary/aromatic N) is 1. The molecule has 5 rings (SSSR count). The summed E-state index contributed by atoms with van der Waals surface area (Å²) in [4.78, 5) is 28.2. The monoisotopic (exact) mass is 551 g/mol. The molecule has 4 aromatic rings. The molecule has 0 saturated heterocycles. The summed E-state index contributed by atoms with van der Waals surface area (Å²) in [6.45, 7) is 0.250. The number of aromatic hydroxyl groups is 1. The fourth-order valence-electron chi connectivity index (χ4n) is 4.28. The SMILES string of the molecule is O=C(C1=C(O)C(=O)N(CCc2ccc(Cl)cc2)C1c1ccc(O)cc1)c1cc2cc(Br)ccc2o1. The number of hydrogen-bond donors (Lipinski definition) is 2. The Morgan fingerprint density at radius 3 is 2.43 bits per heavy atom. The van der Waals surface area contributed by atoms with E-state index in [0.29, 0.717) is 28.0 Å². The Labute approximate surface area is 214 Å². The lowest BCUT2D eigenvalue weighted by Gasteiger charge is -2.26. The molecule has 0 aliphatic carbocycles. The van der Waals surface area contributed by atoms with Crippen LogP contribution in [0.3, 0.4) is 0 Å². The van der Waals surface area contributed by atoms with Crippen LogP contribution in [0.5, 0.6) is 5.75 Å². The molecule has 3 aromatic carbocycles. The lowest BCUT2D eigenvalue weighted by Crippen LogP contribution is -2.33. The third-order valence-corrected chi connectivity index (χ3v) is 6.76. The van der Waals surface area contributed by atoms with Crippen molar-refractivity contribution in [2.45, 2.75) is 12.5 Å². The number of halogens is 2. The smallest absolute Gasteiger partial charge is 0.290 e. The van der Waals surface area contributed by atoms with E-state index in [1.807, 2.05) is 18.2 Å². The zero-order valence-electron chi connectivity index (χ0n) is 18.2. The van der Waals surface area contributed by atoms with Crippen molar-refractivity contribution in [1.29, 1.82) is 0 Å². The minimum absolute atomic E-state index is 0.0239. The number of fused-ring (bicyclic) bond motifs is 1. The fourth-order valence-corrected chi connectivity index (χ4v) is 4.78. The van der Waals surface area contributed by atoms with E-state index in [1.54, 1.807) is 42.5 Å². The lowest BCUT2D eigenvalue weighted by atomic mass is 9.94. The van der Waals surface area contributed by atoms with E-state index in [2.05, 4.69) is 15.9 Å². The van der Waals surface area contributed by atoms with Gasteiger partial charge in [0.05, 0.1) is 11.6 Å². The van der Waals surface area contributed by atoms with Crippen molar-refractivity contribution in [3.05, 3.63) is 111 Å². The molecule has 1 aliphatic rings. The van der Waals surface area contributed by atoms with E-state index in [9.17, 15) is 19.8 Å². The number of phenolic OH excluding ortho intramolecular Hbond substituents is 1. The van der Waals surface area contributed by atoms with E-state index >= 15 is 0 Å². The summed E-state index contributed by atoms with van der Waals surface area (Å²) < 4.78 is 6.59. The number of aliphatic hydroxyl groups is 1. The first-order chi connectivity index (χ1) is 16.8. The molecule has 0 spiro atoms. The van der Waals surface area contributed by atoms with Crippen LogP contribution in [0.15, 0.2) is 93.0 Å². The predicted octanol–water partition coefficient (Wildman–Crippen LogP) is 6.38. The summed E-state index contributed by atoms with van der Waals surface area (Å²) in [6, 6.07) is 19.6. The molecule has 0 bridgehead atoms. The van der Waals surface area contributed by atoms with E-state index < -0.39 is 23.5 Å². The van der Waals surface area contributed by atoms with Crippen LogP contribution in [0.4, 0.5) is 0 Å². The van der Waals surface area contributed by atoms with Crippen LogP contribution in [0.1, 0.15) is 27.7 Å². The Balaban J connectivity index is 1.53. The highest BCUT2D eigenvalue weighted by molar-refractivity contribution is 9.10. The van der Waals surface area contributed by atoms with Gasteiger partial charge in [-0.15, -0.1) is 0 Å². The minimum atomic E-state index is -0.845. The zero-order valence-corrected chi connectivity index (χ0v) is 20.6. The van der Waals surface area contributed by atoms with Crippen LogP contribution >= 0.6 is 27.5 Å². The van der Waals surface area contributed by atoms with Gasteiger partial charge in [0.15, 0.2) is 11.5 Å². The summed E-state index contributed by atoms with van der Waals surface area (Å²) in [5.74, 6) is -1.74. The van der Waals surface area contributed by atoms with Crippen LogP contribution in [0.2, 0.25) is 5.02 Å². The molecule has 0 saturated carbocycles. The van der Waals surface area contributed by atoms with Crippen LogP contribution in [0, 0.1) is 0 Å². The second kappa shape index (κ2) is 9.24. The van der Waals surface area contributed by atoms with Crippen molar-refractivity contribution in [3.8, 4) is 5.75 Å². The number of phenols is 1. The van der Waals surface area contributed by atoms with Gasteiger partial charge in [-0.25, -0.2) is 0 Å². The third-order valence-electron chi connectivity index (χ3n) is 6.01. The minimum Gasteiger partial charge on any atom is -0.508 e. The maximum absolute atomic E-state index is 13.6. The topological polar surface area (TPSA) is 91.0 Å². The summed E-state index contributed by atoms with van der Waals surface area (Å²) in [7, 11) is 0. The van der Waals surface area contributed by atoms with E-state index in [0.717, 1.165) is 10.0 Å². The van der Waals surface area contributed by atoms with Gasteiger partial charge < -0.3 is 19.5 Å². The second-order valence-electron chi connectivity index (χ2n) is 8.25. The van der Waals surface area contributed by atoms with Gasteiger partial charge in [0.25, 0.3) is 5.91 Å². The molecule has 35 heavy (non-hydrogen) atoms. The Morgan fingerprint density at radius 2 is 1.71 bits per heavy atom. The normalized spacial score (nSPS) is 15.9. The number of carbonyl (C=O) groups excluding carboxylic acids is 2. The number of rotatable bonds is 6. The average molecular weight is 553 g/mol. The molecule has 1 unspecified atom stereocenters. The molecule has 8 heteroatoms. The Kier molecular flexibility index (Phi) is 6.13. The fraction of sp³-hybridized carbons (Fsp3) is 0.111. The van der Waals surface area contributed by atoms with Crippen LogP contribution in [-0.2, 0) is 11.2 Å². The van der Waals surface area contributed by atoms with E-state index in [4.69, 9.17) is 16.0 Å². The molecule has 1 aliphatic heterocycles. The molecule has 0 radical (unpaired) electrons.